The topological polar surface area (TPSA) is 34.1 Å². The number of anilines is 1. The van der Waals surface area contributed by atoms with Crippen molar-refractivity contribution in [2.24, 2.45) is 0 Å². The van der Waals surface area contributed by atoms with Crippen LogP contribution in [0.25, 0.3) is 0 Å². The average molecular weight is 246 g/mol. The van der Waals surface area contributed by atoms with E-state index in [0.29, 0.717) is 12.4 Å². The van der Waals surface area contributed by atoms with Crippen molar-refractivity contribution in [2.75, 3.05) is 12.4 Å². The molecule has 0 unspecified atom stereocenters. The molecule has 0 aliphatic rings. The van der Waals surface area contributed by atoms with Crippen LogP contribution < -0.4 is 10.1 Å². The van der Waals surface area contributed by atoms with E-state index < -0.39 is 0 Å². The summed E-state index contributed by atoms with van der Waals surface area (Å²) in [5.74, 6) is 0.377. The third-order valence-corrected chi connectivity index (χ3v) is 2.70. The van der Waals surface area contributed by atoms with E-state index in [-0.39, 0.29) is 5.82 Å². The quantitative estimate of drug-likeness (QED) is 0.899. The van der Waals surface area contributed by atoms with Gasteiger partial charge in [0.15, 0.2) is 0 Å². The van der Waals surface area contributed by atoms with Crippen molar-refractivity contribution >= 4 is 5.69 Å². The number of nitrogens with one attached hydrogen (secondary N) is 1. The molecule has 2 aromatic rings. The number of methoxy groups -OCH3 is 1. The van der Waals surface area contributed by atoms with Gasteiger partial charge in [-0.3, -0.25) is 0 Å². The summed E-state index contributed by atoms with van der Waals surface area (Å²) >= 11 is 0. The van der Waals surface area contributed by atoms with Crippen molar-refractivity contribution in [2.45, 2.75) is 13.5 Å². The van der Waals surface area contributed by atoms with Crippen LogP contribution in [0.15, 0.2) is 36.5 Å². The van der Waals surface area contributed by atoms with Crippen LogP contribution >= 0.6 is 0 Å². The molecule has 0 spiro atoms. The summed E-state index contributed by atoms with van der Waals surface area (Å²) in [7, 11) is 1.59. The summed E-state index contributed by atoms with van der Waals surface area (Å²) < 4.78 is 18.1. The van der Waals surface area contributed by atoms with E-state index in [9.17, 15) is 4.39 Å². The second kappa shape index (κ2) is 5.49. The molecular weight excluding hydrogens is 231 g/mol. The molecule has 0 bridgehead atoms. The SMILES string of the molecule is COc1ncccc1CNc1ccc(F)cc1C. The van der Waals surface area contributed by atoms with Gasteiger partial charge in [0.05, 0.1) is 7.11 Å². The van der Waals surface area contributed by atoms with Crippen LogP contribution in [-0.4, -0.2) is 12.1 Å². The van der Waals surface area contributed by atoms with E-state index in [2.05, 4.69) is 10.3 Å². The number of benzene rings is 1. The summed E-state index contributed by atoms with van der Waals surface area (Å²) in [6.07, 6.45) is 1.69. The minimum absolute atomic E-state index is 0.225. The van der Waals surface area contributed by atoms with Crippen LogP contribution in [0.5, 0.6) is 5.88 Å². The van der Waals surface area contributed by atoms with E-state index in [0.717, 1.165) is 16.8 Å². The fourth-order valence-electron chi connectivity index (χ4n) is 1.76. The van der Waals surface area contributed by atoms with Crippen LogP contribution in [0.2, 0.25) is 0 Å². The van der Waals surface area contributed by atoms with Gasteiger partial charge in [-0.1, -0.05) is 6.07 Å². The van der Waals surface area contributed by atoms with Crippen LogP contribution in [0.1, 0.15) is 11.1 Å². The third-order valence-electron chi connectivity index (χ3n) is 2.70. The maximum absolute atomic E-state index is 13.0. The number of pyridine rings is 1. The molecule has 4 heteroatoms. The van der Waals surface area contributed by atoms with Crippen molar-refractivity contribution in [1.82, 2.24) is 4.98 Å². The average Bonchev–Trinajstić information content (AvgIpc) is 2.38. The first-order valence-electron chi connectivity index (χ1n) is 5.68. The second-order valence-corrected chi connectivity index (χ2v) is 3.98. The van der Waals surface area contributed by atoms with Crippen molar-refractivity contribution < 1.29 is 9.13 Å². The van der Waals surface area contributed by atoms with Crippen LogP contribution in [0.3, 0.4) is 0 Å². The van der Waals surface area contributed by atoms with Gasteiger partial charge < -0.3 is 10.1 Å². The number of rotatable bonds is 4. The molecule has 0 amide bonds. The predicted molar refractivity (Wildman–Crippen MR) is 69.3 cm³/mol. The molecule has 0 saturated heterocycles. The fourth-order valence-corrected chi connectivity index (χ4v) is 1.76. The van der Waals surface area contributed by atoms with Gasteiger partial charge in [-0.05, 0) is 36.8 Å². The second-order valence-electron chi connectivity index (χ2n) is 3.98. The van der Waals surface area contributed by atoms with E-state index >= 15 is 0 Å². The van der Waals surface area contributed by atoms with Crippen LogP contribution in [0.4, 0.5) is 10.1 Å². The maximum atomic E-state index is 13.0. The normalized spacial score (nSPS) is 10.2. The van der Waals surface area contributed by atoms with Gasteiger partial charge >= 0.3 is 0 Å². The monoisotopic (exact) mass is 246 g/mol. The number of hydrogen-bond donors (Lipinski definition) is 1. The number of nitrogens with zero attached hydrogens (tertiary/aromatic N) is 1. The Kier molecular flexibility index (Phi) is 3.77. The molecule has 1 heterocycles. The Hall–Kier alpha value is -2.10. The zero-order valence-corrected chi connectivity index (χ0v) is 10.4. The Labute approximate surface area is 106 Å². The first-order chi connectivity index (χ1) is 8.70. The molecule has 0 fully saturated rings. The first-order valence-corrected chi connectivity index (χ1v) is 5.68. The molecule has 2 rings (SSSR count). The van der Waals surface area contributed by atoms with Gasteiger partial charge in [0.1, 0.15) is 5.82 Å². The zero-order valence-electron chi connectivity index (χ0n) is 10.4. The molecule has 1 N–H and O–H groups in total. The van der Waals surface area contributed by atoms with Gasteiger partial charge in [0.25, 0.3) is 0 Å². The Morgan fingerprint density at radius 1 is 1.33 bits per heavy atom. The van der Waals surface area contributed by atoms with Gasteiger partial charge in [0, 0.05) is 24.0 Å². The number of hydrogen-bond acceptors (Lipinski definition) is 3. The fraction of sp³-hybridized carbons (Fsp3) is 0.214. The number of ether oxygens (including phenoxy) is 1. The summed E-state index contributed by atoms with van der Waals surface area (Å²) in [4.78, 5) is 4.12. The molecule has 0 radical (unpaired) electrons. The molecule has 18 heavy (non-hydrogen) atoms. The lowest BCUT2D eigenvalue weighted by Gasteiger charge is -2.11. The summed E-state index contributed by atoms with van der Waals surface area (Å²) in [5.41, 5.74) is 2.74. The molecule has 3 nitrogen and oxygen atoms in total. The smallest absolute Gasteiger partial charge is 0.218 e. The molecule has 1 aromatic carbocycles. The van der Waals surface area contributed by atoms with Crippen molar-refractivity contribution in [3.63, 3.8) is 0 Å². The van der Waals surface area contributed by atoms with Gasteiger partial charge in [0.2, 0.25) is 5.88 Å². The predicted octanol–water partition coefficient (Wildman–Crippen LogP) is 3.15. The van der Waals surface area contributed by atoms with E-state index in [4.69, 9.17) is 4.74 Å². The third kappa shape index (κ3) is 2.77. The first kappa shape index (κ1) is 12.4. The lowest BCUT2D eigenvalue weighted by molar-refractivity contribution is 0.393. The summed E-state index contributed by atoms with van der Waals surface area (Å²) in [6.45, 7) is 2.45. The molecule has 0 aliphatic carbocycles. The Morgan fingerprint density at radius 2 is 2.17 bits per heavy atom. The van der Waals surface area contributed by atoms with E-state index in [1.165, 1.54) is 12.1 Å². The highest BCUT2D eigenvalue weighted by Crippen LogP contribution is 2.19. The lowest BCUT2D eigenvalue weighted by atomic mass is 10.2. The van der Waals surface area contributed by atoms with Crippen LogP contribution in [0, 0.1) is 12.7 Å². The minimum Gasteiger partial charge on any atom is -0.481 e. The number of aryl methyl sites for hydroxylation is 1. The highest BCUT2D eigenvalue weighted by molar-refractivity contribution is 5.51. The van der Waals surface area contributed by atoms with Gasteiger partial charge in [-0.2, -0.15) is 0 Å². The standard InChI is InChI=1S/C14H15FN2O/c1-10-8-12(15)5-6-13(10)17-9-11-4-3-7-16-14(11)18-2/h3-8,17H,9H2,1-2H3. The van der Waals surface area contributed by atoms with E-state index in [1.807, 2.05) is 19.1 Å². The molecule has 94 valence electrons. The maximum Gasteiger partial charge on any atom is 0.218 e. The molecule has 0 aliphatic heterocycles. The Bertz CT molecular complexity index is 543. The molecule has 0 atom stereocenters. The van der Waals surface area contributed by atoms with Crippen molar-refractivity contribution in [1.29, 1.82) is 0 Å². The Morgan fingerprint density at radius 3 is 2.89 bits per heavy atom. The van der Waals surface area contributed by atoms with Crippen molar-refractivity contribution in [3.8, 4) is 5.88 Å². The van der Waals surface area contributed by atoms with Crippen LogP contribution in [-0.2, 0) is 6.54 Å². The van der Waals surface area contributed by atoms with Crippen molar-refractivity contribution in [3.05, 3.63) is 53.5 Å². The zero-order chi connectivity index (χ0) is 13.0. The molecule has 0 saturated carbocycles. The molecule has 1 aromatic heterocycles. The summed E-state index contributed by atoms with van der Waals surface area (Å²) in [6, 6.07) is 8.47. The minimum atomic E-state index is -0.225. The van der Waals surface area contributed by atoms with Gasteiger partial charge in [-0.25, -0.2) is 9.37 Å². The largest absolute Gasteiger partial charge is 0.481 e. The molecular formula is C14H15FN2O. The Balaban J connectivity index is 2.11. The number of aromatic nitrogens is 1. The highest BCUT2D eigenvalue weighted by atomic mass is 19.1. The lowest BCUT2D eigenvalue weighted by Crippen LogP contribution is -2.04. The highest BCUT2D eigenvalue weighted by Gasteiger charge is 2.04. The summed E-state index contributed by atoms with van der Waals surface area (Å²) in [5, 5.41) is 3.24. The van der Waals surface area contributed by atoms with Gasteiger partial charge in [-0.15, -0.1) is 0 Å². The van der Waals surface area contributed by atoms with E-state index in [1.54, 1.807) is 19.4 Å². The number of halogens is 1.